The summed E-state index contributed by atoms with van der Waals surface area (Å²) in [6.07, 6.45) is 4.02. The van der Waals surface area contributed by atoms with Crippen LogP contribution in [0.3, 0.4) is 0 Å². The first-order chi connectivity index (χ1) is 11.3. The van der Waals surface area contributed by atoms with E-state index in [1.54, 1.807) is 6.07 Å². The topological polar surface area (TPSA) is 63.6 Å². The van der Waals surface area contributed by atoms with Crippen LogP contribution in [0.4, 0.5) is 0 Å². The molecule has 0 unspecified atom stereocenters. The second-order valence-corrected chi connectivity index (χ2v) is 6.24. The maximum absolute atomic E-state index is 12.8. The first-order valence-corrected chi connectivity index (χ1v) is 7.87. The SMILES string of the molecule is CC(C)=CCOC1=C(CC=C(C)C)C(=O)c2c(O)cccc2C1=O. The molecule has 1 aliphatic rings. The minimum atomic E-state index is -0.361. The van der Waals surface area contributed by atoms with Gasteiger partial charge in [0.05, 0.1) is 11.1 Å². The molecule has 1 N–H and O–H groups in total. The lowest BCUT2D eigenvalue weighted by Crippen LogP contribution is -2.24. The summed E-state index contributed by atoms with van der Waals surface area (Å²) in [7, 11) is 0. The molecular weight excluding hydrogens is 304 g/mol. The van der Waals surface area contributed by atoms with Crippen LogP contribution in [-0.4, -0.2) is 23.3 Å². The van der Waals surface area contributed by atoms with Crippen molar-refractivity contribution in [1.82, 2.24) is 0 Å². The summed E-state index contributed by atoms with van der Waals surface area (Å²) in [5.41, 5.74) is 2.64. The van der Waals surface area contributed by atoms with Crippen molar-refractivity contribution in [3.05, 3.63) is 64.0 Å². The van der Waals surface area contributed by atoms with Crippen molar-refractivity contribution in [2.45, 2.75) is 34.1 Å². The molecule has 1 aromatic rings. The summed E-state index contributed by atoms with van der Waals surface area (Å²) in [5.74, 6) is -0.816. The van der Waals surface area contributed by atoms with Crippen LogP contribution in [0.15, 0.2) is 52.8 Å². The van der Waals surface area contributed by atoms with Gasteiger partial charge in [-0.25, -0.2) is 0 Å². The summed E-state index contributed by atoms with van der Waals surface area (Å²) in [6.45, 7) is 7.94. The summed E-state index contributed by atoms with van der Waals surface area (Å²) in [4.78, 5) is 25.6. The third kappa shape index (κ3) is 3.65. The highest BCUT2D eigenvalue weighted by Gasteiger charge is 2.34. The molecule has 1 aliphatic carbocycles. The van der Waals surface area contributed by atoms with Gasteiger partial charge in [-0.2, -0.15) is 0 Å². The highest BCUT2D eigenvalue weighted by molar-refractivity contribution is 6.27. The molecule has 4 nitrogen and oxygen atoms in total. The highest BCUT2D eigenvalue weighted by atomic mass is 16.5. The number of Topliss-reactive ketones (excluding diaryl/α,β-unsaturated/α-hetero) is 2. The third-order valence-electron chi connectivity index (χ3n) is 3.70. The Balaban J connectivity index is 2.51. The van der Waals surface area contributed by atoms with Crippen molar-refractivity contribution in [2.24, 2.45) is 0 Å². The van der Waals surface area contributed by atoms with Crippen molar-refractivity contribution >= 4 is 11.6 Å². The summed E-state index contributed by atoms with van der Waals surface area (Å²) in [6, 6.07) is 4.50. The van der Waals surface area contributed by atoms with Crippen LogP contribution in [-0.2, 0) is 4.74 Å². The number of rotatable bonds is 5. The van der Waals surface area contributed by atoms with Crippen molar-refractivity contribution in [3.8, 4) is 5.75 Å². The van der Waals surface area contributed by atoms with Crippen LogP contribution in [0.1, 0.15) is 54.8 Å². The lowest BCUT2D eigenvalue weighted by atomic mass is 9.86. The average Bonchev–Trinajstić information content (AvgIpc) is 2.50. The molecule has 126 valence electrons. The predicted octanol–water partition coefficient (Wildman–Crippen LogP) is 4.36. The van der Waals surface area contributed by atoms with E-state index in [4.69, 9.17) is 4.74 Å². The fourth-order valence-electron chi connectivity index (χ4n) is 2.42. The molecule has 0 fully saturated rings. The van der Waals surface area contributed by atoms with Gasteiger partial charge in [-0.05, 0) is 52.3 Å². The van der Waals surface area contributed by atoms with Crippen molar-refractivity contribution < 1.29 is 19.4 Å². The number of carbonyl (C=O) groups is 2. The molecule has 0 amide bonds. The Labute approximate surface area is 142 Å². The van der Waals surface area contributed by atoms with Gasteiger partial charge in [-0.15, -0.1) is 0 Å². The molecule has 0 heterocycles. The van der Waals surface area contributed by atoms with Gasteiger partial charge >= 0.3 is 0 Å². The highest BCUT2D eigenvalue weighted by Crippen LogP contribution is 2.34. The lowest BCUT2D eigenvalue weighted by Gasteiger charge is -2.21. The van der Waals surface area contributed by atoms with Crippen LogP contribution in [0.5, 0.6) is 5.75 Å². The van der Waals surface area contributed by atoms with Crippen LogP contribution in [0.2, 0.25) is 0 Å². The van der Waals surface area contributed by atoms with Gasteiger partial charge in [0, 0.05) is 5.56 Å². The van der Waals surface area contributed by atoms with Gasteiger partial charge in [-0.1, -0.05) is 23.3 Å². The molecule has 0 saturated heterocycles. The minimum Gasteiger partial charge on any atom is -0.507 e. The number of phenols is 1. The van der Waals surface area contributed by atoms with Gasteiger partial charge in [0.1, 0.15) is 12.4 Å². The minimum absolute atomic E-state index is 0.0641. The summed E-state index contributed by atoms with van der Waals surface area (Å²) < 4.78 is 5.64. The molecule has 0 aromatic heterocycles. The number of ketones is 2. The number of benzene rings is 1. The van der Waals surface area contributed by atoms with E-state index in [-0.39, 0.29) is 46.4 Å². The summed E-state index contributed by atoms with van der Waals surface area (Å²) >= 11 is 0. The monoisotopic (exact) mass is 326 g/mol. The van der Waals surface area contributed by atoms with Crippen molar-refractivity contribution in [3.63, 3.8) is 0 Å². The number of ether oxygens (including phenoxy) is 1. The van der Waals surface area contributed by atoms with Crippen LogP contribution in [0.25, 0.3) is 0 Å². The summed E-state index contributed by atoms with van der Waals surface area (Å²) in [5, 5.41) is 10.0. The van der Waals surface area contributed by atoms with E-state index >= 15 is 0 Å². The molecule has 0 bridgehead atoms. The largest absolute Gasteiger partial charge is 0.507 e. The molecular formula is C20H22O4. The van der Waals surface area contributed by atoms with Gasteiger partial charge in [-0.3, -0.25) is 9.59 Å². The van der Waals surface area contributed by atoms with Crippen molar-refractivity contribution in [2.75, 3.05) is 6.61 Å². The fraction of sp³-hybridized carbons (Fsp3) is 0.300. The number of hydrogen-bond donors (Lipinski definition) is 1. The Kier molecular flexibility index (Phi) is 5.39. The molecule has 0 saturated carbocycles. The zero-order valence-corrected chi connectivity index (χ0v) is 14.5. The van der Waals surface area contributed by atoms with Gasteiger partial charge in [0.15, 0.2) is 11.5 Å². The van der Waals surface area contributed by atoms with Gasteiger partial charge < -0.3 is 9.84 Å². The zero-order chi connectivity index (χ0) is 17.9. The Morgan fingerprint density at radius 2 is 1.71 bits per heavy atom. The van der Waals surface area contributed by atoms with Crippen LogP contribution in [0, 0.1) is 0 Å². The first kappa shape index (κ1) is 17.7. The van der Waals surface area contributed by atoms with E-state index in [1.807, 2.05) is 39.8 Å². The normalized spacial score (nSPS) is 13.5. The number of aromatic hydroxyl groups is 1. The van der Waals surface area contributed by atoms with Gasteiger partial charge in [0.25, 0.3) is 0 Å². The second kappa shape index (κ2) is 7.30. The first-order valence-electron chi connectivity index (χ1n) is 7.87. The zero-order valence-electron chi connectivity index (χ0n) is 14.5. The molecule has 0 radical (unpaired) electrons. The number of carbonyl (C=O) groups excluding carboxylic acids is 2. The van der Waals surface area contributed by atoms with Gasteiger partial charge in [0.2, 0.25) is 5.78 Å². The average molecular weight is 326 g/mol. The van der Waals surface area contributed by atoms with E-state index in [9.17, 15) is 14.7 Å². The molecule has 24 heavy (non-hydrogen) atoms. The van der Waals surface area contributed by atoms with Crippen LogP contribution < -0.4 is 0 Å². The number of fused-ring (bicyclic) bond motifs is 1. The third-order valence-corrected chi connectivity index (χ3v) is 3.70. The molecule has 0 atom stereocenters. The molecule has 1 aromatic carbocycles. The number of allylic oxidation sites excluding steroid dienone is 5. The molecule has 2 rings (SSSR count). The van der Waals surface area contributed by atoms with Crippen molar-refractivity contribution in [1.29, 1.82) is 0 Å². The van der Waals surface area contributed by atoms with E-state index in [2.05, 4.69) is 0 Å². The van der Waals surface area contributed by atoms with E-state index < -0.39 is 0 Å². The Morgan fingerprint density at radius 1 is 1.04 bits per heavy atom. The molecule has 0 spiro atoms. The standard InChI is InChI=1S/C20H22O4/c1-12(2)8-9-15-18(22)17-14(6-5-7-16(17)21)19(23)20(15)24-11-10-13(3)4/h5-8,10,21H,9,11H2,1-4H3. The Morgan fingerprint density at radius 3 is 2.33 bits per heavy atom. The quantitative estimate of drug-likeness (QED) is 0.816. The maximum Gasteiger partial charge on any atom is 0.228 e. The van der Waals surface area contributed by atoms with E-state index in [0.717, 1.165) is 11.1 Å². The fourth-order valence-corrected chi connectivity index (χ4v) is 2.42. The Hall–Kier alpha value is -2.62. The maximum atomic E-state index is 12.8. The molecule has 4 heteroatoms. The number of phenolic OH excluding ortho intramolecular Hbond substituents is 1. The number of hydrogen-bond acceptors (Lipinski definition) is 4. The second-order valence-electron chi connectivity index (χ2n) is 6.24. The van der Waals surface area contributed by atoms with Crippen LogP contribution >= 0.6 is 0 Å². The Bertz CT molecular complexity index is 771. The smallest absolute Gasteiger partial charge is 0.228 e. The lowest BCUT2D eigenvalue weighted by molar-refractivity contribution is 0.0885. The van der Waals surface area contributed by atoms with E-state index in [0.29, 0.717) is 6.42 Å². The predicted molar refractivity (Wildman–Crippen MR) is 93.2 cm³/mol. The molecule has 0 aliphatic heterocycles. The van der Waals surface area contributed by atoms with E-state index in [1.165, 1.54) is 12.1 Å².